The number of ether oxygens (including phenoxy) is 4. The van der Waals surface area contributed by atoms with Gasteiger partial charge in [0.05, 0.1) is 23.2 Å². The second kappa shape index (κ2) is 13.2. The van der Waals surface area contributed by atoms with Crippen molar-refractivity contribution in [1.82, 2.24) is 30.2 Å². The molecular weight excluding hydrogens is 576 g/mol. The molecule has 3 aromatic carbocycles. The number of esters is 1. The number of benzene rings is 3. The highest BCUT2D eigenvalue weighted by Gasteiger charge is 2.25. The van der Waals surface area contributed by atoms with E-state index in [2.05, 4.69) is 25.6 Å². The summed E-state index contributed by atoms with van der Waals surface area (Å²) in [4.78, 5) is 30.9. The third-order valence-electron chi connectivity index (χ3n) is 7.82. The zero-order chi connectivity index (χ0) is 31.3. The summed E-state index contributed by atoms with van der Waals surface area (Å²) in [6.45, 7) is 5.79. The Hall–Kier alpha value is -5.26. The molecule has 1 aliphatic rings. The van der Waals surface area contributed by atoms with Crippen LogP contribution in [0, 0.1) is 6.92 Å². The van der Waals surface area contributed by atoms with Crippen LogP contribution in [0.5, 0.6) is 11.5 Å². The second-order valence-corrected chi connectivity index (χ2v) is 10.8. The number of hydrogen-bond donors (Lipinski definition) is 1. The van der Waals surface area contributed by atoms with E-state index in [-0.39, 0.29) is 11.7 Å². The number of imidazole rings is 1. The summed E-state index contributed by atoms with van der Waals surface area (Å²) >= 11 is 0. The first kappa shape index (κ1) is 29.8. The molecule has 1 aliphatic carbocycles. The summed E-state index contributed by atoms with van der Waals surface area (Å²) in [6.07, 6.45) is 3.25. The van der Waals surface area contributed by atoms with E-state index >= 15 is 0 Å². The Morgan fingerprint density at radius 3 is 2.56 bits per heavy atom. The third-order valence-corrected chi connectivity index (χ3v) is 7.82. The second-order valence-electron chi connectivity index (χ2n) is 10.8. The van der Waals surface area contributed by atoms with Crippen LogP contribution < -0.4 is 9.47 Å². The van der Waals surface area contributed by atoms with Crippen molar-refractivity contribution in [2.24, 2.45) is 0 Å². The molecule has 12 heteroatoms. The minimum absolute atomic E-state index is 0.134. The SMILES string of the molecule is CCOc1cc(OC(=O)c2cccc3nc(C)n(C(C)OC(=O)OC4CCCCC4)c23)ccc1-c1ccccc1-c1nn[nH]n1. The van der Waals surface area contributed by atoms with Crippen molar-refractivity contribution in [1.29, 1.82) is 0 Å². The standard InChI is InChI=1S/C33H34N6O6/c1-4-42-29-19-23(17-18-25(29)24-13-8-9-14-26(24)31-35-37-38-36-31)44-32(40)27-15-10-16-28-30(27)39(20(2)34-28)21(3)43-33(41)45-22-11-6-5-7-12-22/h8-10,13-19,21-22H,4-7,11-12H2,1-3H3,(H,35,36,37,38). The first-order valence-corrected chi connectivity index (χ1v) is 15.1. The number of nitrogens with zero attached hydrogens (tertiary/aromatic N) is 5. The maximum absolute atomic E-state index is 13.7. The van der Waals surface area contributed by atoms with Gasteiger partial charge in [-0.15, -0.1) is 10.2 Å². The van der Waals surface area contributed by atoms with Crippen molar-refractivity contribution in [3.8, 4) is 34.0 Å². The lowest BCUT2D eigenvalue weighted by molar-refractivity contribution is -0.0244. The number of aryl methyl sites for hydroxylation is 1. The number of rotatable bonds is 9. The number of fused-ring (bicyclic) bond motifs is 1. The minimum Gasteiger partial charge on any atom is -0.493 e. The van der Waals surface area contributed by atoms with Crippen LogP contribution in [0.1, 0.15) is 68.4 Å². The van der Waals surface area contributed by atoms with Crippen LogP contribution in [-0.4, -0.2) is 55.0 Å². The van der Waals surface area contributed by atoms with E-state index in [9.17, 15) is 9.59 Å². The van der Waals surface area contributed by atoms with Crippen molar-refractivity contribution in [2.45, 2.75) is 65.2 Å². The zero-order valence-corrected chi connectivity index (χ0v) is 25.4. The van der Waals surface area contributed by atoms with Gasteiger partial charge in [0.2, 0.25) is 5.82 Å². The quantitative estimate of drug-likeness (QED) is 0.140. The monoisotopic (exact) mass is 610 g/mol. The van der Waals surface area contributed by atoms with Gasteiger partial charge >= 0.3 is 12.1 Å². The van der Waals surface area contributed by atoms with E-state index < -0.39 is 18.4 Å². The summed E-state index contributed by atoms with van der Waals surface area (Å²) in [5.41, 5.74) is 3.72. The first-order chi connectivity index (χ1) is 21.9. The molecule has 0 radical (unpaired) electrons. The Morgan fingerprint density at radius 1 is 1.00 bits per heavy atom. The Morgan fingerprint density at radius 2 is 1.80 bits per heavy atom. The van der Waals surface area contributed by atoms with Gasteiger partial charge in [0.25, 0.3) is 0 Å². The van der Waals surface area contributed by atoms with Gasteiger partial charge in [-0.3, -0.25) is 4.57 Å². The van der Waals surface area contributed by atoms with Gasteiger partial charge in [-0.05, 0) is 81.5 Å². The van der Waals surface area contributed by atoms with Crippen LogP contribution in [0.3, 0.4) is 0 Å². The van der Waals surface area contributed by atoms with Gasteiger partial charge in [0.1, 0.15) is 23.4 Å². The molecular formula is C33H34N6O6. The lowest BCUT2D eigenvalue weighted by Gasteiger charge is -2.23. The number of H-pyrrole nitrogens is 1. The van der Waals surface area contributed by atoms with E-state index in [4.69, 9.17) is 18.9 Å². The van der Waals surface area contributed by atoms with Crippen molar-refractivity contribution < 1.29 is 28.5 Å². The first-order valence-electron chi connectivity index (χ1n) is 15.1. The fourth-order valence-corrected chi connectivity index (χ4v) is 5.83. The molecule has 1 unspecified atom stereocenters. The molecule has 6 rings (SSSR count). The van der Waals surface area contributed by atoms with Crippen molar-refractivity contribution in [2.75, 3.05) is 6.61 Å². The van der Waals surface area contributed by atoms with E-state index in [1.807, 2.05) is 37.3 Å². The minimum atomic E-state index is -0.775. The Balaban J connectivity index is 1.27. The van der Waals surface area contributed by atoms with Crippen LogP contribution >= 0.6 is 0 Å². The van der Waals surface area contributed by atoms with Crippen LogP contribution in [0.25, 0.3) is 33.5 Å². The third kappa shape index (κ3) is 6.35. The smallest absolute Gasteiger partial charge is 0.493 e. The average molecular weight is 611 g/mol. The van der Waals surface area contributed by atoms with Crippen LogP contribution in [0.2, 0.25) is 0 Å². The highest BCUT2D eigenvalue weighted by atomic mass is 16.7. The molecule has 0 amide bonds. The Bertz CT molecular complexity index is 1810. The van der Waals surface area contributed by atoms with E-state index in [1.165, 1.54) is 0 Å². The predicted octanol–water partition coefficient (Wildman–Crippen LogP) is 6.81. The molecule has 0 aliphatic heterocycles. The van der Waals surface area contributed by atoms with Gasteiger partial charge in [0.15, 0.2) is 6.23 Å². The molecule has 0 spiro atoms. The Labute approximate surface area is 259 Å². The number of carbonyl (C=O) groups is 2. The fraction of sp³-hybridized carbons (Fsp3) is 0.333. The summed E-state index contributed by atoms with van der Waals surface area (Å²) in [6, 6.07) is 18.1. The lowest BCUT2D eigenvalue weighted by Crippen LogP contribution is -2.24. The largest absolute Gasteiger partial charge is 0.510 e. The normalized spacial score (nSPS) is 14.2. The van der Waals surface area contributed by atoms with Crippen molar-refractivity contribution in [3.05, 3.63) is 72.1 Å². The maximum atomic E-state index is 13.7. The van der Waals surface area contributed by atoms with Crippen LogP contribution in [0.4, 0.5) is 4.79 Å². The number of aromatic amines is 1. The molecule has 45 heavy (non-hydrogen) atoms. The molecule has 12 nitrogen and oxygen atoms in total. The number of carbonyl (C=O) groups excluding carboxylic acids is 2. The molecule has 2 aromatic heterocycles. The number of hydrogen-bond acceptors (Lipinski definition) is 10. The molecule has 0 saturated heterocycles. The molecule has 0 bridgehead atoms. The number of nitrogens with one attached hydrogen (secondary N) is 1. The molecule has 2 heterocycles. The summed E-state index contributed by atoms with van der Waals surface area (Å²) in [5.74, 6) is 1.25. The van der Waals surface area contributed by atoms with Crippen LogP contribution in [-0.2, 0) is 9.47 Å². The predicted molar refractivity (Wildman–Crippen MR) is 165 cm³/mol. The highest BCUT2D eigenvalue weighted by Crippen LogP contribution is 2.38. The summed E-state index contributed by atoms with van der Waals surface area (Å²) in [5, 5.41) is 14.4. The van der Waals surface area contributed by atoms with Crippen molar-refractivity contribution >= 4 is 23.2 Å². The van der Waals surface area contributed by atoms with Crippen molar-refractivity contribution in [3.63, 3.8) is 0 Å². The van der Waals surface area contributed by atoms with Gasteiger partial charge in [-0.2, -0.15) is 5.21 Å². The number of tetrazole rings is 1. The zero-order valence-electron chi connectivity index (χ0n) is 25.4. The number of aromatic nitrogens is 6. The van der Waals surface area contributed by atoms with Gasteiger partial charge < -0.3 is 18.9 Å². The number of para-hydroxylation sites is 1. The molecule has 1 N–H and O–H groups in total. The Kier molecular flexibility index (Phi) is 8.72. The molecule has 1 fully saturated rings. The molecule has 5 aromatic rings. The fourth-order valence-electron chi connectivity index (χ4n) is 5.83. The van der Waals surface area contributed by atoms with Gasteiger partial charge in [-0.25, -0.2) is 14.6 Å². The maximum Gasteiger partial charge on any atom is 0.510 e. The van der Waals surface area contributed by atoms with E-state index in [0.29, 0.717) is 40.8 Å². The molecule has 1 saturated carbocycles. The topological polar surface area (TPSA) is 143 Å². The van der Waals surface area contributed by atoms with Gasteiger partial charge in [0, 0.05) is 17.2 Å². The lowest BCUT2D eigenvalue weighted by atomic mass is 9.98. The summed E-state index contributed by atoms with van der Waals surface area (Å²) in [7, 11) is 0. The van der Waals surface area contributed by atoms with E-state index in [0.717, 1.165) is 48.8 Å². The van der Waals surface area contributed by atoms with Gasteiger partial charge in [-0.1, -0.05) is 36.8 Å². The van der Waals surface area contributed by atoms with E-state index in [1.54, 1.807) is 48.7 Å². The molecule has 232 valence electrons. The summed E-state index contributed by atoms with van der Waals surface area (Å²) < 4.78 is 24.8. The molecule has 1 atom stereocenters. The van der Waals surface area contributed by atoms with Crippen LogP contribution in [0.15, 0.2) is 60.7 Å². The average Bonchev–Trinajstić information content (AvgIpc) is 3.69. The highest BCUT2D eigenvalue weighted by molar-refractivity contribution is 6.03.